The van der Waals surface area contributed by atoms with Crippen LogP contribution in [-0.4, -0.2) is 99.8 Å². The molecule has 2 aromatic rings. The minimum absolute atomic E-state index is 0.000688. The number of nitrogens with zero attached hydrogens (tertiary/aromatic N) is 3. The van der Waals surface area contributed by atoms with Gasteiger partial charge in [0.2, 0.25) is 0 Å². The number of carbonyl (C=O) groups is 4. The van der Waals surface area contributed by atoms with Crippen LogP contribution in [0.2, 0.25) is 0 Å². The molecule has 4 N–H and O–H groups in total. The van der Waals surface area contributed by atoms with E-state index in [1.165, 1.54) is 24.1 Å². The lowest BCUT2D eigenvalue weighted by atomic mass is 9.84. The number of aromatic nitrogens is 1. The number of hydrogen-bond donors (Lipinski definition) is 4. The Morgan fingerprint density at radius 2 is 1.86 bits per heavy atom. The van der Waals surface area contributed by atoms with E-state index in [1.807, 2.05) is 13.8 Å². The normalized spacial score (nSPS) is 17.5. The highest BCUT2D eigenvalue weighted by molar-refractivity contribution is 7.09. The third-order valence-corrected chi connectivity index (χ3v) is 11.8. The van der Waals surface area contributed by atoms with Crippen molar-refractivity contribution in [1.82, 2.24) is 25.6 Å². The van der Waals surface area contributed by atoms with Gasteiger partial charge in [0.05, 0.1) is 24.1 Å². The molecule has 6 atom stereocenters. The summed E-state index contributed by atoms with van der Waals surface area (Å²) in [6.07, 6.45) is 10.4. The van der Waals surface area contributed by atoms with Crippen LogP contribution in [0, 0.1) is 29.6 Å². The Kier molecular flexibility index (Phi) is 18.9. The number of phenolic OH excluding ortho intramolecular Hbond substituents is 1. The molecule has 0 saturated carbocycles. The summed E-state index contributed by atoms with van der Waals surface area (Å²) in [5.74, 6) is 0.336. The first-order valence-corrected chi connectivity index (χ1v) is 21.1. The molecule has 0 bridgehead atoms. The molecule has 1 unspecified atom stereocenters. The lowest BCUT2D eigenvalue weighted by molar-refractivity contribution is -0.213. The van der Waals surface area contributed by atoms with Crippen molar-refractivity contribution in [3.63, 3.8) is 0 Å². The molecule has 1 aliphatic rings. The van der Waals surface area contributed by atoms with Gasteiger partial charge in [0.1, 0.15) is 16.5 Å². The highest BCUT2D eigenvalue weighted by atomic mass is 32.1. The average molecular weight is 812 g/mol. The van der Waals surface area contributed by atoms with Crippen molar-refractivity contribution in [2.75, 3.05) is 26.7 Å². The molecule has 0 aliphatic carbocycles. The smallest absolute Gasteiger partial charge is 0.309 e. The molecule has 316 valence electrons. The second kappa shape index (κ2) is 22.8. The van der Waals surface area contributed by atoms with Crippen LogP contribution in [-0.2, 0) is 30.4 Å². The van der Waals surface area contributed by atoms with Gasteiger partial charge < -0.3 is 30.5 Å². The van der Waals surface area contributed by atoms with Crippen LogP contribution in [0.25, 0.3) is 0 Å². The number of hydroxylamine groups is 2. The summed E-state index contributed by atoms with van der Waals surface area (Å²) in [6.45, 7) is 14.5. The summed E-state index contributed by atoms with van der Waals surface area (Å²) in [7, 11) is 2.13. The lowest BCUT2D eigenvalue weighted by Crippen LogP contribution is -2.56. The van der Waals surface area contributed by atoms with Crippen molar-refractivity contribution in [2.24, 2.45) is 17.3 Å². The number of rotatable bonds is 23. The largest absolute Gasteiger partial charge is 0.508 e. The van der Waals surface area contributed by atoms with Crippen molar-refractivity contribution in [3.05, 3.63) is 45.9 Å². The molecular weight excluding hydrogens is 747 g/mol. The molecule has 2 heterocycles. The van der Waals surface area contributed by atoms with Crippen molar-refractivity contribution in [1.29, 1.82) is 0 Å². The quantitative estimate of drug-likeness (QED) is 0.0426. The molecule has 0 spiro atoms. The van der Waals surface area contributed by atoms with Crippen LogP contribution in [0.5, 0.6) is 5.75 Å². The Labute approximate surface area is 343 Å². The third-order valence-electron chi connectivity index (χ3n) is 10.8. The first kappa shape index (κ1) is 47.3. The van der Waals surface area contributed by atoms with Crippen LogP contribution in [0.3, 0.4) is 0 Å². The average Bonchev–Trinajstić information content (AvgIpc) is 3.65. The van der Waals surface area contributed by atoms with Gasteiger partial charge in [0.25, 0.3) is 11.8 Å². The topological polar surface area (TPSA) is 171 Å². The van der Waals surface area contributed by atoms with E-state index < -0.39 is 47.5 Å². The molecule has 1 aromatic heterocycles. The number of thiazole rings is 1. The molecule has 0 radical (unpaired) electrons. The number of carbonyl (C=O) groups excluding carboxylic acids is 3. The van der Waals surface area contributed by atoms with Crippen LogP contribution in [0.15, 0.2) is 29.6 Å². The number of piperidine rings is 1. The maximum absolute atomic E-state index is 14.7. The molecule has 14 heteroatoms. The minimum Gasteiger partial charge on any atom is -0.508 e. The maximum atomic E-state index is 14.7. The van der Waals surface area contributed by atoms with Gasteiger partial charge in [-0.1, -0.05) is 52.7 Å². The molecule has 1 fully saturated rings. The van der Waals surface area contributed by atoms with Crippen LogP contribution in [0.4, 0.5) is 0 Å². The van der Waals surface area contributed by atoms with E-state index in [-0.39, 0.29) is 48.6 Å². The number of likely N-dealkylation sites (N-methyl/N-ethyl adjacent to an activating group) is 1. The fourth-order valence-corrected chi connectivity index (χ4v) is 7.92. The van der Waals surface area contributed by atoms with Crippen molar-refractivity contribution < 1.29 is 39.0 Å². The van der Waals surface area contributed by atoms with E-state index in [0.717, 1.165) is 49.1 Å². The van der Waals surface area contributed by atoms with Gasteiger partial charge in [-0.05, 0) is 89.1 Å². The molecule has 1 aliphatic heterocycles. The van der Waals surface area contributed by atoms with E-state index >= 15 is 0 Å². The van der Waals surface area contributed by atoms with Crippen molar-refractivity contribution in [3.8, 4) is 18.1 Å². The zero-order valence-corrected chi connectivity index (χ0v) is 35.9. The number of carboxylic acid groups (broad SMARTS) is 1. The van der Waals surface area contributed by atoms with Crippen LogP contribution < -0.4 is 10.6 Å². The van der Waals surface area contributed by atoms with Gasteiger partial charge in [0.15, 0.2) is 6.10 Å². The SMILES string of the molecule is C#CCCCON(C(=O)[C@@H](NCC1CCCCN1C)[C@@H](C)CC)[C@H](C[C@@H](OC(C)=O)c1nc(C(=O)N[C@@H](Cc2ccc(O)cc2)CC(C)(C)C(=O)O)cs1)C(C)C. The second-order valence-corrected chi connectivity index (χ2v) is 17.2. The first-order valence-electron chi connectivity index (χ1n) is 20.2. The predicted molar refractivity (Wildman–Crippen MR) is 221 cm³/mol. The third kappa shape index (κ3) is 14.7. The number of aliphatic carboxylic acids is 1. The van der Waals surface area contributed by atoms with Gasteiger partial charge in [-0.3, -0.25) is 24.0 Å². The summed E-state index contributed by atoms with van der Waals surface area (Å²) in [5, 5.41) is 29.6. The molecule has 1 saturated heterocycles. The lowest BCUT2D eigenvalue weighted by Gasteiger charge is -2.39. The molecule has 13 nitrogen and oxygen atoms in total. The summed E-state index contributed by atoms with van der Waals surface area (Å²) in [4.78, 5) is 66.3. The number of amides is 2. The summed E-state index contributed by atoms with van der Waals surface area (Å²) >= 11 is 1.16. The zero-order valence-electron chi connectivity index (χ0n) is 35.1. The van der Waals surface area contributed by atoms with E-state index in [9.17, 15) is 29.4 Å². The number of likely N-dealkylation sites (tertiary alicyclic amines) is 1. The number of benzene rings is 1. The fourth-order valence-electron chi connectivity index (χ4n) is 7.08. The first-order chi connectivity index (χ1) is 27.0. The number of terminal acetylenes is 1. The maximum Gasteiger partial charge on any atom is 0.309 e. The molecule has 2 amide bonds. The molecule has 3 rings (SSSR count). The van der Waals surface area contributed by atoms with Crippen molar-refractivity contribution >= 4 is 35.1 Å². The summed E-state index contributed by atoms with van der Waals surface area (Å²) < 4.78 is 5.86. The van der Waals surface area contributed by atoms with E-state index in [2.05, 4.69) is 47.3 Å². The standard InChI is InChI=1S/C43H65N5O8S/c1-10-12-15-22-55-48(41(52)38(29(5)11-2)44-26-33-16-13-14-21-47(33)9)36(28(3)4)24-37(56-30(6)49)40-46-35(27-57-40)39(51)45-32(25-43(7,8)42(53)54)23-31-17-19-34(50)20-18-31/h1,17-20,27-29,32-33,36-38,44,50H,11-16,21-26H2,2-9H3,(H,45,51)(H,53,54)/t29-,32-,33?,36+,37+,38-/m0/s1. The Morgan fingerprint density at radius 1 is 1.16 bits per heavy atom. The highest BCUT2D eigenvalue weighted by Gasteiger charge is 2.38. The number of unbranched alkanes of at least 4 members (excludes halogenated alkanes) is 1. The fraction of sp³-hybridized carbons (Fsp3) is 0.651. The number of esters is 1. The number of carboxylic acids is 1. The Balaban J connectivity index is 1.92. The van der Waals surface area contributed by atoms with Gasteiger partial charge in [-0.25, -0.2) is 10.0 Å². The van der Waals surface area contributed by atoms with Crippen molar-refractivity contribution in [2.45, 2.75) is 137 Å². The van der Waals surface area contributed by atoms with E-state index in [4.69, 9.17) is 16.0 Å². The van der Waals surface area contributed by atoms with Gasteiger partial charge in [-0.2, -0.15) is 0 Å². The Morgan fingerprint density at radius 3 is 2.46 bits per heavy atom. The predicted octanol–water partition coefficient (Wildman–Crippen LogP) is 6.37. The number of phenols is 1. The number of aromatic hydroxyl groups is 1. The number of hydrogen-bond acceptors (Lipinski definition) is 11. The molecule has 57 heavy (non-hydrogen) atoms. The van der Waals surface area contributed by atoms with Gasteiger partial charge >= 0.3 is 11.9 Å². The van der Waals surface area contributed by atoms with E-state index in [0.29, 0.717) is 36.9 Å². The number of ether oxygens (including phenoxy) is 1. The van der Waals surface area contributed by atoms with Gasteiger partial charge in [0, 0.05) is 43.8 Å². The zero-order chi connectivity index (χ0) is 42.3. The molecule has 1 aromatic carbocycles. The van der Waals surface area contributed by atoms with Crippen LogP contribution in [0.1, 0.15) is 127 Å². The monoisotopic (exact) mass is 811 g/mol. The molecular formula is C43H65N5O8S. The summed E-state index contributed by atoms with van der Waals surface area (Å²) in [6, 6.07) is 5.19. The highest BCUT2D eigenvalue weighted by Crippen LogP contribution is 2.32. The second-order valence-electron chi connectivity index (χ2n) is 16.4. The minimum atomic E-state index is -1.14. The van der Waals surface area contributed by atoms with E-state index in [1.54, 1.807) is 31.4 Å². The Bertz CT molecular complexity index is 1640. The van der Waals surface area contributed by atoms with Crippen LogP contribution >= 0.6 is 11.3 Å². The summed E-state index contributed by atoms with van der Waals surface area (Å²) in [5.41, 5.74) is -0.249. The number of nitrogens with one attached hydrogen (secondary N) is 2. The van der Waals surface area contributed by atoms with Gasteiger partial charge in [-0.15, -0.1) is 23.7 Å². The Hall–Kier alpha value is -4.03.